The van der Waals surface area contributed by atoms with Gasteiger partial charge >= 0.3 is 0 Å². The molecule has 0 N–H and O–H groups in total. The zero-order valence-electron chi connectivity index (χ0n) is 13.8. The third-order valence-electron chi connectivity index (χ3n) is 3.88. The van der Waals surface area contributed by atoms with Crippen molar-refractivity contribution in [2.24, 2.45) is 4.99 Å². The van der Waals surface area contributed by atoms with Gasteiger partial charge in [-0.3, -0.25) is 19.3 Å². The van der Waals surface area contributed by atoms with Gasteiger partial charge in [-0.1, -0.05) is 28.9 Å². The van der Waals surface area contributed by atoms with E-state index in [9.17, 15) is 14.4 Å². The van der Waals surface area contributed by atoms with Crippen molar-refractivity contribution < 1.29 is 19.1 Å². The number of carbonyl (C=O) groups excluding carboxylic acids is 3. The third kappa shape index (κ3) is 3.23. The molecule has 0 aliphatic carbocycles. The second-order valence-corrected chi connectivity index (χ2v) is 6.87. The molecule has 2 aromatic rings. The van der Waals surface area contributed by atoms with Crippen molar-refractivity contribution in [1.29, 1.82) is 0 Å². The van der Waals surface area contributed by atoms with Gasteiger partial charge in [-0.2, -0.15) is 4.99 Å². The number of ether oxygens (including phenoxy) is 1. The maximum Gasteiger partial charge on any atom is 0.268 e. The Morgan fingerprint density at radius 3 is 2.69 bits per heavy atom. The Morgan fingerprint density at radius 2 is 2.08 bits per heavy atom. The van der Waals surface area contributed by atoms with Crippen molar-refractivity contribution in [3.8, 4) is 18.1 Å². The molecule has 0 atom stereocenters. The van der Waals surface area contributed by atoms with E-state index in [1.807, 2.05) is 0 Å². The number of likely N-dealkylation sites (tertiary alicyclic amines) is 1. The first-order valence-corrected chi connectivity index (χ1v) is 8.85. The molecule has 0 saturated carbocycles. The van der Waals surface area contributed by atoms with Crippen molar-refractivity contribution in [2.45, 2.75) is 19.4 Å². The number of aromatic nitrogens is 1. The minimum atomic E-state index is -0.610. The molecule has 1 saturated heterocycles. The van der Waals surface area contributed by atoms with Gasteiger partial charge in [0.2, 0.25) is 11.8 Å². The molecule has 3 rings (SSSR count). The summed E-state index contributed by atoms with van der Waals surface area (Å²) in [4.78, 5) is 40.9. The minimum absolute atomic E-state index is 0.124. The average molecular weight is 392 g/mol. The fourth-order valence-electron chi connectivity index (χ4n) is 2.69. The van der Waals surface area contributed by atoms with Gasteiger partial charge in [0.25, 0.3) is 5.91 Å². The van der Waals surface area contributed by atoms with Gasteiger partial charge in [0.1, 0.15) is 17.8 Å². The summed E-state index contributed by atoms with van der Waals surface area (Å²) in [6.45, 7) is -0.225. The molecule has 0 radical (unpaired) electrons. The fourth-order valence-corrected chi connectivity index (χ4v) is 4.02. The molecule has 3 amide bonds. The van der Waals surface area contributed by atoms with Crippen LogP contribution in [0.2, 0.25) is 5.02 Å². The van der Waals surface area contributed by atoms with Gasteiger partial charge in [-0.05, 0) is 12.1 Å². The van der Waals surface area contributed by atoms with Crippen molar-refractivity contribution in [3.63, 3.8) is 0 Å². The lowest BCUT2D eigenvalue weighted by Crippen LogP contribution is -2.34. The van der Waals surface area contributed by atoms with E-state index in [0.29, 0.717) is 25.8 Å². The van der Waals surface area contributed by atoms with Crippen LogP contribution in [0.15, 0.2) is 17.1 Å². The van der Waals surface area contributed by atoms with Crippen LogP contribution in [0.5, 0.6) is 5.75 Å². The second kappa shape index (κ2) is 7.32. The Balaban J connectivity index is 2.07. The van der Waals surface area contributed by atoms with Crippen molar-refractivity contribution in [3.05, 3.63) is 22.0 Å². The van der Waals surface area contributed by atoms with Gasteiger partial charge in [-0.15, -0.1) is 6.42 Å². The van der Waals surface area contributed by atoms with Crippen LogP contribution in [-0.2, 0) is 20.9 Å². The zero-order valence-corrected chi connectivity index (χ0v) is 15.4. The maximum absolute atomic E-state index is 12.3. The molecule has 9 heteroatoms. The van der Waals surface area contributed by atoms with E-state index < -0.39 is 5.91 Å². The number of rotatable bonds is 4. The number of halogens is 1. The molecule has 0 spiro atoms. The number of hydrogen-bond donors (Lipinski definition) is 0. The zero-order chi connectivity index (χ0) is 18.8. The van der Waals surface area contributed by atoms with Gasteiger partial charge in [-0.25, -0.2) is 0 Å². The quantitative estimate of drug-likeness (QED) is 0.585. The van der Waals surface area contributed by atoms with Crippen molar-refractivity contribution in [2.75, 3.05) is 13.7 Å². The van der Waals surface area contributed by atoms with Crippen LogP contribution < -0.4 is 9.54 Å². The topological polar surface area (TPSA) is 81.0 Å². The molecular weight excluding hydrogens is 378 g/mol. The molecule has 1 aromatic heterocycles. The molecule has 1 aliphatic rings. The summed E-state index contributed by atoms with van der Waals surface area (Å²) >= 11 is 7.44. The number of methoxy groups -OCH3 is 1. The van der Waals surface area contributed by atoms with Crippen LogP contribution >= 0.6 is 22.9 Å². The monoisotopic (exact) mass is 391 g/mol. The molecule has 2 heterocycles. The number of hydrogen-bond acceptors (Lipinski definition) is 5. The summed E-state index contributed by atoms with van der Waals surface area (Å²) in [7, 11) is 1.52. The van der Waals surface area contributed by atoms with Crippen LogP contribution in [0, 0.1) is 12.3 Å². The normalized spacial score (nSPS) is 15.0. The number of imide groups is 1. The molecule has 0 bridgehead atoms. The summed E-state index contributed by atoms with van der Waals surface area (Å²) in [5, 5.41) is 0.482. The van der Waals surface area contributed by atoms with Crippen LogP contribution in [0.25, 0.3) is 10.2 Å². The highest BCUT2D eigenvalue weighted by Crippen LogP contribution is 2.33. The van der Waals surface area contributed by atoms with E-state index in [4.69, 9.17) is 22.8 Å². The highest BCUT2D eigenvalue weighted by molar-refractivity contribution is 7.17. The number of carbonyl (C=O) groups is 3. The number of nitrogens with zero attached hydrogens (tertiary/aromatic N) is 3. The molecule has 26 heavy (non-hydrogen) atoms. The van der Waals surface area contributed by atoms with E-state index in [1.165, 1.54) is 18.4 Å². The standard InChI is InChI=1S/C17H14ClN3O4S/c1-3-8-20-15-11(25-2)5-4-10(18)16(15)26-17(20)19-12(22)9-21-13(23)6-7-14(21)24/h1,4-5H,6-9H2,2H3. The van der Waals surface area contributed by atoms with Gasteiger partial charge in [0.05, 0.1) is 23.4 Å². The highest BCUT2D eigenvalue weighted by atomic mass is 35.5. The third-order valence-corrected chi connectivity index (χ3v) is 5.42. The number of thiazole rings is 1. The van der Waals surface area contributed by atoms with E-state index in [2.05, 4.69) is 10.9 Å². The lowest BCUT2D eigenvalue weighted by atomic mass is 10.3. The van der Waals surface area contributed by atoms with E-state index >= 15 is 0 Å². The van der Waals surface area contributed by atoms with Crippen LogP contribution in [0.3, 0.4) is 0 Å². The number of benzene rings is 1. The summed E-state index contributed by atoms with van der Waals surface area (Å²) in [5.74, 6) is 1.73. The average Bonchev–Trinajstić information content (AvgIpc) is 3.12. The second-order valence-electron chi connectivity index (χ2n) is 5.48. The Bertz CT molecular complexity index is 1020. The van der Waals surface area contributed by atoms with E-state index in [0.717, 1.165) is 4.90 Å². The van der Waals surface area contributed by atoms with Crippen molar-refractivity contribution >= 4 is 50.9 Å². The molecule has 134 valence electrons. The first-order chi connectivity index (χ1) is 12.5. The van der Waals surface area contributed by atoms with E-state index in [-0.39, 0.29) is 37.7 Å². The lowest BCUT2D eigenvalue weighted by Gasteiger charge is -2.10. The highest BCUT2D eigenvalue weighted by Gasteiger charge is 2.30. The smallest absolute Gasteiger partial charge is 0.268 e. The van der Waals surface area contributed by atoms with Crippen LogP contribution in [0.4, 0.5) is 0 Å². The minimum Gasteiger partial charge on any atom is -0.495 e. The molecular formula is C17H14ClN3O4S. The summed E-state index contributed by atoms with van der Waals surface area (Å²) in [6, 6.07) is 3.39. The molecule has 0 unspecified atom stereocenters. The predicted octanol–water partition coefficient (Wildman–Crippen LogP) is 1.57. The molecule has 1 aromatic carbocycles. The number of fused-ring (bicyclic) bond motifs is 1. The van der Waals surface area contributed by atoms with Gasteiger partial charge < -0.3 is 9.30 Å². The lowest BCUT2D eigenvalue weighted by molar-refractivity contribution is -0.141. The number of terminal acetylenes is 1. The largest absolute Gasteiger partial charge is 0.495 e. The first kappa shape index (κ1) is 18.2. The Kier molecular flexibility index (Phi) is 5.11. The first-order valence-electron chi connectivity index (χ1n) is 7.66. The number of amides is 3. The summed E-state index contributed by atoms with van der Waals surface area (Å²) in [5.41, 5.74) is 0.642. The Labute approximate surface area is 157 Å². The van der Waals surface area contributed by atoms with Gasteiger partial charge in [0.15, 0.2) is 4.80 Å². The maximum atomic E-state index is 12.3. The predicted molar refractivity (Wildman–Crippen MR) is 96.7 cm³/mol. The summed E-state index contributed by atoms with van der Waals surface area (Å²) < 4.78 is 7.69. The van der Waals surface area contributed by atoms with Gasteiger partial charge in [0, 0.05) is 12.8 Å². The summed E-state index contributed by atoms with van der Waals surface area (Å²) in [6.07, 6.45) is 5.69. The van der Waals surface area contributed by atoms with Crippen LogP contribution in [-0.4, -0.2) is 40.8 Å². The van der Waals surface area contributed by atoms with Crippen molar-refractivity contribution in [1.82, 2.24) is 9.47 Å². The SMILES string of the molecule is C#CCn1c(=NC(=O)CN2C(=O)CCC2=O)sc2c(Cl)ccc(OC)c21. The molecule has 7 nitrogen and oxygen atoms in total. The fraction of sp³-hybridized carbons (Fsp3) is 0.294. The van der Waals surface area contributed by atoms with E-state index in [1.54, 1.807) is 16.7 Å². The Hall–Kier alpha value is -2.63. The Morgan fingerprint density at radius 1 is 1.38 bits per heavy atom. The van der Waals surface area contributed by atoms with Crippen LogP contribution in [0.1, 0.15) is 12.8 Å². The molecule has 1 fully saturated rings. The molecule has 1 aliphatic heterocycles.